The molecule has 2 aliphatic heterocycles. The molecule has 2 aliphatic rings. The molecule has 5 nitrogen and oxygen atoms in total. The van der Waals surface area contributed by atoms with E-state index in [1.165, 1.54) is 12.1 Å². The molecule has 0 bridgehead atoms. The second-order valence-corrected chi connectivity index (χ2v) is 7.07. The quantitative estimate of drug-likeness (QED) is 0.869. The Hall–Kier alpha value is -1.50. The van der Waals surface area contributed by atoms with E-state index in [-0.39, 0.29) is 35.4 Å². The second-order valence-electron chi connectivity index (χ2n) is 7.07. The van der Waals surface area contributed by atoms with Crippen LogP contribution in [0.5, 0.6) is 0 Å². The maximum atomic E-state index is 13.1. The molecule has 23 heavy (non-hydrogen) atoms. The van der Waals surface area contributed by atoms with E-state index >= 15 is 0 Å². The summed E-state index contributed by atoms with van der Waals surface area (Å²) in [4.78, 5) is 14.9. The van der Waals surface area contributed by atoms with E-state index in [4.69, 9.17) is 4.74 Å². The monoisotopic (exact) mass is 321 g/mol. The summed E-state index contributed by atoms with van der Waals surface area (Å²) in [6, 6.07) is 6.16. The number of rotatable bonds is 2. The molecule has 2 saturated heterocycles. The van der Waals surface area contributed by atoms with Gasteiger partial charge < -0.3 is 9.64 Å². The van der Waals surface area contributed by atoms with Gasteiger partial charge in [0.25, 0.3) is 0 Å². The van der Waals surface area contributed by atoms with Gasteiger partial charge in [-0.3, -0.25) is 10.2 Å². The normalized spacial score (nSPS) is 30.4. The average Bonchev–Trinajstić information content (AvgIpc) is 2.94. The van der Waals surface area contributed by atoms with Crippen molar-refractivity contribution >= 4 is 5.91 Å². The lowest BCUT2D eigenvalue weighted by molar-refractivity contribution is -0.161. The number of morpholine rings is 1. The van der Waals surface area contributed by atoms with Crippen LogP contribution in [0.4, 0.5) is 4.39 Å². The van der Waals surface area contributed by atoms with Crippen LogP contribution in [-0.2, 0) is 9.53 Å². The third-order valence-electron chi connectivity index (χ3n) is 4.41. The van der Waals surface area contributed by atoms with Gasteiger partial charge in [0, 0.05) is 19.6 Å². The Morgan fingerprint density at radius 3 is 2.70 bits per heavy atom. The second kappa shape index (κ2) is 6.19. The zero-order valence-electron chi connectivity index (χ0n) is 13.8. The van der Waals surface area contributed by atoms with Crippen molar-refractivity contribution in [3.63, 3.8) is 0 Å². The number of carbonyl (C=O) groups is 1. The van der Waals surface area contributed by atoms with E-state index in [1.54, 1.807) is 12.1 Å². The Morgan fingerprint density at radius 2 is 2.04 bits per heavy atom. The van der Waals surface area contributed by atoms with Gasteiger partial charge in [-0.15, -0.1) is 0 Å². The molecule has 2 fully saturated rings. The van der Waals surface area contributed by atoms with Crippen LogP contribution >= 0.6 is 0 Å². The van der Waals surface area contributed by atoms with Gasteiger partial charge in [0.05, 0.1) is 23.7 Å². The van der Waals surface area contributed by atoms with E-state index in [9.17, 15) is 9.18 Å². The summed E-state index contributed by atoms with van der Waals surface area (Å²) in [6.45, 7) is 7.76. The van der Waals surface area contributed by atoms with Crippen LogP contribution in [0.2, 0.25) is 0 Å². The number of benzene rings is 1. The molecular formula is C17H24FN3O2. The minimum Gasteiger partial charge on any atom is -0.369 e. The number of nitrogens with one attached hydrogen (secondary N) is 2. The van der Waals surface area contributed by atoms with Crippen molar-refractivity contribution in [3.05, 3.63) is 35.6 Å². The van der Waals surface area contributed by atoms with Crippen molar-refractivity contribution in [3.8, 4) is 0 Å². The van der Waals surface area contributed by atoms with Gasteiger partial charge in [0.1, 0.15) is 5.82 Å². The lowest BCUT2D eigenvalue weighted by Crippen LogP contribution is -2.55. The molecule has 1 aromatic carbocycles. The Labute approximate surface area is 136 Å². The minimum absolute atomic E-state index is 0.0225. The van der Waals surface area contributed by atoms with E-state index in [0.29, 0.717) is 19.6 Å². The first-order chi connectivity index (χ1) is 10.9. The highest BCUT2D eigenvalue weighted by molar-refractivity contribution is 5.80. The fourth-order valence-corrected chi connectivity index (χ4v) is 3.57. The zero-order valence-corrected chi connectivity index (χ0v) is 13.8. The molecule has 0 aromatic heterocycles. The molecule has 0 spiro atoms. The van der Waals surface area contributed by atoms with Gasteiger partial charge in [-0.1, -0.05) is 12.1 Å². The zero-order chi connectivity index (χ0) is 16.6. The fraction of sp³-hybridized carbons (Fsp3) is 0.588. The molecule has 3 unspecified atom stereocenters. The van der Waals surface area contributed by atoms with Gasteiger partial charge in [0.2, 0.25) is 5.91 Å². The molecule has 0 radical (unpaired) electrons. The number of amides is 1. The topological polar surface area (TPSA) is 53.6 Å². The Bertz CT molecular complexity index is 576. The summed E-state index contributed by atoms with van der Waals surface area (Å²) in [6.07, 6.45) is 0.0225. The Balaban J connectivity index is 1.76. The van der Waals surface area contributed by atoms with Crippen molar-refractivity contribution in [2.75, 3.05) is 19.6 Å². The summed E-state index contributed by atoms with van der Waals surface area (Å²) in [7, 11) is 0. The standard InChI is InChI=1S/C17H24FN3O2/c1-11-9-21(10-17(2,3)23-11)16(22)14-8-19-20-15(14)12-4-6-13(18)7-5-12/h4-7,11,14-15,19-20H,8-10H2,1-3H3. The maximum Gasteiger partial charge on any atom is 0.229 e. The number of nitrogens with zero attached hydrogens (tertiary/aromatic N) is 1. The molecule has 1 aromatic rings. The first-order valence-corrected chi connectivity index (χ1v) is 8.06. The summed E-state index contributed by atoms with van der Waals surface area (Å²) < 4.78 is 19.0. The van der Waals surface area contributed by atoms with Crippen molar-refractivity contribution in [1.29, 1.82) is 0 Å². The number of ether oxygens (including phenoxy) is 1. The van der Waals surface area contributed by atoms with Crippen LogP contribution in [0.25, 0.3) is 0 Å². The predicted octanol–water partition coefficient (Wildman–Crippen LogP) is 1.62. The van der Waals surface area contributed by atoms with Crippen LogP contribution in [0.15, 0.2) is 24.3 Å². The van der Waals surface area contributed by atoms with E-state index in [1.807, 2.05) is 25.7 Å². The number of hydrogen-bond acceptors (Lipinski definition) is 4. The Morgan fingerprint density at radius 1 is 1.35 bits per heavy atom. The van der Waals surface area contributed by atoms with Gasteiger partial charge >= 0.3 is 0 Å². The van der Waals surface area contributed by atoms with Crippen LogP contribution in [0.1, 0.15) is 32.4 Å². The number of carbonyl (C=O) groups excluding carboxylic acids is 1. The number of hydrogen-bond donors (Lipinski definition) is 2. The minimum atomic E-state index is -0.335. The SMILES string of the molecule is CC1CN(C(=O)C2CNNC2c2ccc(F)cc2)CC(C)(C)O1. The van der Waals surface area contributed by atoms with Gasteiger partial charge in [0.15, 0.2) is 0 Å². The molecule has 3 atom stereocenters. The third-order valence-corrected chi connectivity index (χ3v) is 4.41. The van der Waals surface area contributed by atoms with Crippen LogP contribution in [0, 0.1) is 11.7 Å². The molecule has 0 saturated carbocycles. The molecule has 2 N–H and O–H groups in total. The highest BCUT2D eigenvalue weighted by Crippen LogP contribution is 2.29. The highest BCUT2D eigenvalue weighted by Gasteiger charge is 2.40. The summed E-state index contributed by atoms with van der Waals surface area (Å²) in [5.41, 5.74) is 6.79. The predicted molar refractivity (Wildman–Crippen MR) is 85.0 cm³/mol. The van der Waals surface area contributed by atoms with Gasteiger partial charge in [-0.2, -0.15) is 0 Å². The van der Waals surface area contributed by atoms with E-state index < -0.39 is 0 Å². The van der Waals surface area contributed by atoms with Gasteiger partial charge in [-0.05, 0) is 38.5 Å². The van der Waals surface area contributed by atoms with Crippen LogP contribution in [0.3, 0.4) is 0 Å². The molecule has 0 aliphatic carbocycles. The lowest BCUT2D eigenvalue weighted by atomic mass is 9.92. The number of hydrazine groups is 1. The molecule has 3 rings (SSSR count). The highest BCUT2D eigenvalue weighted by atomic mass is 19.1. The summed E-state index contributed by atoms with van der Waals surface area (Å²) in [5.74, 6) is -0.368. The van der Waals surface area contributed by atoms with E-state index in [2.05, 4.69) is 10.9 Å². The molecule has 126 valence electrons. The van der Waals surface area contributed by atoms with Crippen molar-refractivity contribution in [1.82, 2.24) is 15.8 Å². The van der Waals surface area contributed by atoms with Crippen molar-refractivity contribution in [2.24, 2.45) is 5.92 Å². The van der Waals surface area contributed by atoms with Crippen LogP contribution < -0.4 is 10.9 Å². The first-order valence-electron chi connectivity index (χ1n) is 8.06. The fourth-order valence-electron chi connectivity index (χ4n) is 3.57. The smallest absolute Gasteiger partial charge is 0.229 e. The van der Waals surface area contributed by atoms with Crippen molar-refractivity contribution in [2.45, 2.75) is 38.5 Å². The average molecular weight is 321 g/mol. The largest absolute Gasteiger partial charge is 0.369 e. The summed E-state index contributed by atoms with van der Waals surface area (Å²) >= 11 is 0. The molecular weight excluding hydrogens is 297 g/mol. The third kappa shape index (κ3) is 3.54. The van der Waals surface area contributed by atoms with E-state index in [0.717, 1.165) is 5.56 Å². The van der Waals surface area contributed by atoms with Crippen LogP contribution in [-0.4, -0.2) is 42.1 Å². The van der Waals surface area contributed by atoms with Gasteiger partial charge in [-0.25, -0.2) is 9.82 Å². The lowest BCUT2D eigenvalue weighted by Gasteiger charge is -2.42. The molecule has 1 amide bonds. The molecule has 6 heteroatoms. The first kappa shape index (κ1) is 16.4. The number of halogens is 1. The molecule has 2 heterocycles. The van der Waals surface area contributed by atoms with Crippen molar-refractivity contribution < 1.29 is 13.9 Å². The maximum absolute atomic E-state index is 13.1. The Kier molecular flexibility index (Phi) is 4.40. The summed E-state index contributed by atoms with van der Waals surface area (Å²) in [5, 5.41) is 0.